The Bertz CT molecular complexity index is 685. The summed E-state index contributed by atoms with van der Waals surface area (Å²) in [5.74, 6) is -11.5. The van der Waals surface area contributed by atoms with E-state index < -0.39 is 46.1 Å². The first-order chi connectivity index (χ1) is 9.36. The van der Waals surface area contributed by atoms with Crippen LogP contribution >= 0.6 is 0 Å². The Kier molecular flexibility index (Phi) is 3.44. The Morgan fingerprint density at radius 1 is 0.800 bits per heavy atom. The highest BCUT2D eigenvalue weighted by atomic mass is 19.2. The van der Waals surface area contributed by atoms with Gasteiger partial charge in [-0.3, -0.25) is 4.79 Å². The average molecular weight is 287 g/mol. The maximum absolute atomic E-state index is 13.7. The molecule has 2 rings (SSSR count). The lowest BCUT2D eigenvalue weighted by Crippen LogP contribution is -2.14. The van der Waals surface area contributed by atoms with Gasteiger partial charge in [-0.05, 0) is 6.07 Å². The Morgan fingerprint density at radius 3 is 1.75 bits per heavy atom. The number of hydrogen-bond acceptors (Lipinski definition) is 1. The van der Waals surface area contributed by atoms with Gasteiger partial charge in [0.25, 0.3) is 0 Å². The van der Waals surface area contributed by atoms with Gasteiger partial charge in [0.05, 0.1) is 5.56 Å². The fourth-order valence-electron chi connectivity index (χ4n) is 1.76. The molecule has 0 atom stereocenters. The number of nitrogens with two attached hydrogens (primary N) is 1. The highest BCUT2D eigenvalue weighted by Gasteiger charge is 2.28. The van der Waals surface area contributed by atoms with Gasteiger partial charge in [0.1, 0.15) is 0 Å². The number of primary amides is 1. The van der Waals surface area contributed by atoms with Crippen LogP contribution in [-0.4, -0.2) is 5.91 Å². The van der Waals surface area contributed by atoms with Crippen LogP contribution in [-0.2, 0) is 0 Å². The standard InChI is InChI=1S/C13H6F5NO/c14-8-7(9(15)11(17)12(18)10(8)16)5-3-1-2-4-6(5)13(19)20/h1-4H,(H2,19,20). The predicted molar refractivity (Wildman–Crippen MR) is 60.2 cm³/mol. The maximum atomic E-state index is 13.7. The third kappa shape index (κ3) is 2.01. The van der Waals surface area contributed by atoms with E-state index in [1.165, 1.54) is 12.1 Å². The van der Waals surface area contributed by atoms with E-state index in [1.54, 1.807) is 0 Å². The first-order valence-electron chi connectivity index (χ1n) is 5.27. The number of carbonyl (C=O) groups excluding carboxylic acids is 1. The summed E-state index contributed by atoms with van der Waals surface area (Å²) in [6.07, 6.45) is 0. The zero-order valence-corrected chi connectivity index (χ0v) is 9.68. The summed E-state index contributed by atoms with van der Waals surface area (Å²) in [6, 6.07) is 4.78. The summed E-state index contributed by atoms with van der Waals surface area (Å²) in [7, 11) is 0. The molecule has 0 aliphatic heterocycles. The van der Waals surface area contributed by atoms with Gasteiger partial charge in [0.2, 0.25) is 11.7 Å². The van der Waals surface area contributed by atoms with Gasteiger partial charge in [0, 0.05) is 11.1 Å². The normalized spacial score (nSPS) is 10.7. The SMILES string of the molecule is NC(=O)c1ccccc1-c1c(F)c(F)c(F)c(F)c1F. The number of carbonyl (C=O) groups is 1. The number of rotatable bonds is 2. The monoisotopic (exact) mass is 287 g/mol. The van der Waals surface area contributed by atoms with E-state index in [0.29, 0.717) is 0 Å². The van der Waals surface area contributed by atoms with Crippen molar-refractivity contribution in [2.45, 2.75) is 0 Å². The van der Waals surface area contributed by atoms with Crippen molar-refractivity contribution < 1.29 is 26.7 Å². The third-order valence-electron chi connectivity index (χ3n) is 2.67. The summed E-state index contributed by atoms with van der Waals surface area (Å²) >= 11 is 0. The summed E-state index contributed by atoms with van der Waals surface area (Å²) in [6.45, 7) is 0. The minimum atomic E-state index is -2.26. The van der Waals surface area contributed by atoms with E-state index >= 15 is 0 Å². The second kappa shape index (κ2) is 4.92. The fourth-order valence-corrected chi connectivity index (χ4v) is 1.76. The van der Waals surface area contributed by atoms with E-state index in [9.17, 15) is 26.7 Å². The van der Waals surface area contributed by atoms with Crippen molar-refractivity contribution in [1.82, 2.24) is 0 Å². The van der Waals surface area contributed by atoms with Crippen LogP contribution in [0.15, 0.2) is 24.3 Å². The van der Waals surface area contributed by atoms with Gasteiger partial charge in [-0.1, -0.05) is 18.2 Å². The van der Waals surface area contributed by atoms with Crippen LogP contribution < -0.4 is 5.73 Å². The van der Waals surface area contributed by atoms with Crippen LogP contribution in [0.1, 0.15) is 10.4 Å². The lowest BCUT2D eigenvalue weighted by molar-refractivity contribution is 0.100. The van der Waals surface area contributed by atoms with Crippen LogP contribution in [0.25, 0.3) is 11.1 Å². The summed E-state index contributed by atoms with van der Waals surface area (Å²) < 4.78 is 66.6. The molecular formula is C13H6F5NO. The molecule has 0 saturated heterocycles. The molecular weight excluding hydrogens is 281 g/mol. The lowest BCUT2D eigenvalue weighted by atomic mass is 9.97. The van der Waals surface area contributed by atoms with Gasteiger partial charge in [0.15, 0.2) is 23.3 Å². The molecule has 0 aliphatic rings. The molecule has 0 aromatic heterocycles. The molecule has 0 radical (unpaired) electrons. The zero-order valence-electron chi connectivity index (χ0n) is 9.68. The number of amides is 1. The summed E-state index contributed by atoms with van der Waals surface area (Å²) in [5.41, 5.74) is 3.01. The quantitative estimate of drug-likeness (QED) is 0.514. The van der Waals surface area contributed by atoms with Crippen LogP contribution in [0.3, 0.4) is 0 Å². The molecule has 20 heavy (non-hydrogen) atoms. The van der Waals surface area contributed by atoms with E-state index in [4.69, 9.17) is 5.73 Å². The average Bonchev–Trinajstić information content (AvgIpc) is 2.43. The molecule has 0 spiro atoms. The molecule has 2 aromatic rings. The minimum absolute atomic E-state index is 0.351. The molecule has 0 heterocycles. The van der Waals surface area contributed by atoms with Crippen molar-refractivity contribution in [3.63, 3.8) is 0 Å². The Morgan fingerprint density at radius 2 is 1.25 bits per heavy atom. The van der Waals surface area contributed by atoms with Crippen molar-refractivity contribution in [1.29, 1.82) is 0 Å². The zero-order chi connectivity index (χ0) is 15.0. The summed E-state index contributed by atoms with van der Waals surface area (Å²) in [4.78, 5) is 11.2. The van der Waals surface area contributed by atoms with Crippen molar-refractivity contribution in [3.8, 4) is 11.1 Å². The van der Waals surface area contributed by atoms with Crippen molar-refractivity contribution in [3.05, 3.63) is 58.9 Å². The molecule has 0 saturated carbocycles. The van der Waals surface area contributed by atoms with E-state index in [2.05, 4.69) is 0 Å². The maximum Gasteiger partial charge on any atom is 0.249 e. The molecule has 104 valence electrons. The Balaban J connectivity index is 2.88. The van der Waals surface area contributed by atoms with Crippen molar-refractivity contribution in [2.24, 2.45) is 5.73 Å². The number of hydrogen-bond donors (Lipinski definition) is 1. The van der Waals surface area contributed by atoms with E-state index in [1.807, 2.05) is 0 Å². The second-order valence-electron chi connectivity index (χ2n) is 3.85. The van der Waals surface area contributed by atoms with E-state index in [0.717, 1.165) is 12.1 Å². The molecule has 1 amide bonds. The topological polar surface area (TPSA) is 43.1 Å². The highest BCUT2D eigenvalue weighted by molar-refractivity contribution is 5.99. The lowest BCUT2D eigenvalue weighted by Gasteiger charge is -2.11. The summed E-state index contributed by atoms with van der Waals surface area (Å²) in [5, 5.41) is 0. The van der Waals surface area contributed by atoms with E-state index in [-0.39, 0.29) is 5.56 Å². The molecule has 0 fully saturated rings. The molecule has 7 heteroatoms. The number of benzene rings is 2. The van der Waals surface area contributed by atoms with Crippen LogP contribution in [0, 0.1) is 29.1 Å². The van der Waals surface area contributed by atoms with Crippen molar-refractivity contribution >= 4 is 5.91 Å². The molecule has 0 aliphatic carbocycles. The third-order valence-corrected chi connectivity index (χ3v) is 2.67. The number of halogens is 5. The largest absolute Gasteiger partial charge is 0.366 e. The predicted octanol–water partition coefficient (Wildman–Crippen LogP) is 3.15. The van der Waals surface area contributed by atoms with Crippen molar-refractivity contribution in [2.75, 3.05) is 0 Å². The second-order valence-corrected chi connectivity index (χ2v) is 3.85. The van der Waals surface area contributed by atoms with Crippen LogP contribution in [0.4, 0.5) is 22.0 Å². The Labute approximate surface area is 109 Å². The van der Waals surface area contributed by atoms with Crippen LogP contribution in [0.2, 0.25) is 0 Å². The van der Waals surface area contributed by atoms with Gasteiger partial charge >= 0.3 is 0 Å². The first kappa shape index (κ1) is 14.0. The van der Waals surface area contributed by atoms with Crippen LogP contribution in [0.5, 0.6) is 0 Å². The molecule has 0 bridgehead atoms. The van der Waals surface area contributed by atoms with Gasteiger partial charge in [-0.15, -0.1) is 0 Å². The molecule has 2 aromatic carbocycles. The molecule has 2 nitrogen and oxygen atoms in total. The fraction of sp³-hybridized carbons (Fsp3) is 0. The van der Waals surface area contributed by atoms with Gasteiger partial charge in [-0.25, -0.2) is 22.0 Å². The first-order valence-corrected chi connectivity index (χ1v) is 5.27. The molecule has 2 N–H and O–H groups in total. The smallest absolute Gasteiger partial charge is 0.249 e. The van der Waals surface area contributed by atoms with Gasteiger partial charge < -0.3 is 5.73 Å². The van der Waals surface area contributed by atoms with Gasteiger partial charge in [-0.2, -0.15) is 0 Å². The highest BCUT2D eigenvalue weighted by Crippen LogP contribution is 2.33. The molecule has 0 unspecified atom stereocenters. The Hall–Kier alpha value is -2.44. The minimum Gasteiger partial charge on any atom is -0.366 e.